The molecule has 1 aliphatic heterocycles. The Bertz CT molecular complexity index is 1550. The molecule has 0 amide bonds. The number of piperidine rings is 1. The lowest BCUT2D eigenvalue weighted by Crippen LogP contribution is -2.40. The number of fused-ring (bicyclic) bond motifs is 3. The first kappa shape index (κ1) is 26.9. The second-order valence-corrected chi connectivity index (χ2v) is 10.2. The molecule has 1 unspecified atom stereocenters. The zero-order valence-electron chi connectivity index (χ0n) is 22.0. The van der Waals surface area contributed by atoms with E-state index in [1.54, 1.807) is 11.0 Å². The van der Waals surface area contributed by atoms with Gasteiger partial charge >= 0.3 is 6.18 Å². The maximum absolute atomic E-state index is 13.9. The average Bonchev–Trinajstić information content (AvgIpc) is 3.35. The molecular formula is C29H30F5N5. The molecule has 0 spiro atoms. The van der Waals surface area contributed by atoms with Gasteiger partial charge in [-0.25, -0.2) is 18.7 Å². The van der Waals surface area contributed by atoms with Gasteiger partial charge in [0.25, 0.3) is 5.92 Å². The van der Waals surface area contributed by atoms with Crippen molar-refractivity contribution in [1.82, 2.24) is 14.4 Å². The van der Waals surface area contributed by atoms with Crippen molar-refractivity contribution in [1.29, 1.82) is 0 Å². The summed E-state index contributed by atoms with van der Waals surface area (Å²) in [5.74, 6) is -2.64. The van der Waals surface area contributed by atoms with E-state index in [9.17, 15) is 22.0 Å². The van der Waals surface area contributed by atoms with Crippen molar-refractivity contribution in [3.8, 4) is 0 Å². The number of hydrogen-bond acceptors (Lipinski definition) is 4. The van der Waals surface area contributed by atoms with Crippen LogP contribution in [0.2, 0.25) is 0 Å². The van der Waals surface area contributed by atoms with Crippen LogP contribution in [0.1, 0.15) is 61.5 Å². The molecule has 1 atom stereocenters. The number of benzene rings is 2. The maximum Gasteiger partial charge on any atom is 0.434 e. The summed E-state index contributed by atoms with van der Waals surface area (Å²) in [6.45, 7) is 9.97. The summed E-state index contributed by atoms with van der Waals surface area (Å²) in [7, 11) is 0. The number of allylic oxidation sites excluding steroid dienone is 1. The first-order valence-electron chi connectivity index (χ1n) is 12.9. The standard InChI is InChI=1S/C29H30F5N5/c1-5-18(3)20-8-6-7-9-23(20)35-19(4)21-14-17(2)15-22-25(21)37-27(38-12-10-28(30,31)11-13-38)39-16-24(29(32,33)34)36-26(22)39/h6-9,14-16,19,35H,3,5,10-13H2,1-2,4H3. The van der Waals surface area contributed by atoms with Gasteiger partial charge in [0.2, 0.25) is 5.95 Å². The second kappa shape index (κ2) is 9.81. The van der Waals surface area contributed by atoms with E-state index in [1.807, 2.05) is 51.1 Å². The van der Waals surface area contributed by atoms with Crippen molar-refractivity contribution in [2.75, 3.05) is 23.3 Å². The van der Waals surface area contributed by atoms with Gasteiger partial charge in [0.1, 0.15) is 5.65 Å². The minimum Gasteiger partial charge on any atom is -0.378 e. The summed E-state index contributed by atoms with van der Waals surface area (Å²) in [5, 5.41) is 3.99. The van der Waals surface area contributed by atoms with Crippen molar-refractivity contribution in [2.24, 2.45) is 0 Å². The van der Waals surface area contributed by atoms with E-state index in [-0.39, 0.29) is 30.7 Å². The third kappa shape index (κ3) is 5.16. The molecule has 0 aliphatic carbocycles. The number of anilines is 2. The Morgan fingerprint density at radius 2 is 1.82 bits per heavy atom. The zero-order valence-corrected chi connectivity index (χ0v) is 22.0. The van der Waals surface area contributed by atoms with Crippen LogP contribution < -0.4 is 10.2 Å². The molecule has 5 nitrogen and oxygen atoms in total. The number of nitrogens with zero attached hydrogens (tertiary/aromatic N) is 4. The lowest BCUT2D eigenvalue weighted by atomic mass is 9.99. The number of imidazole rings is 1. The molecule has 0 bridgehead atoms. The topological polar surface area (TPSA) is 45.5 Å². The Morgan fingerprint density at radius 3 is 2.49 bits per heavy atom. The van der Waals surface area contributed by atoms with Crippen molar-refractivity contribution >= 4 is 33.8 Å². The first-order chi connectivity index (χ1) is 18.4. The van der Waals surface area contributed by atoms with E-state index in [1.165, 1.54) is 4.40 Å². The quantitative estimate of drug-likeness (QED) is 0.250. The summed E-state index contributed by atoms with van der Waals surface area (Å²) in [5.41, 5.74) is 3.96. The molecule has 0 saturated carbocycles. The predicted octanol–water partition coefficient (Wildman–Crippen LogP) is 8.04. The van der Waals surface area contributed by atoms with E-state index in [4.69, 9.17) is 4.98 Å². The Balaban J connectivity index is 1.68. The van der Waals surface area contributed by atoms with Gasteiger partial charge in [-0.05, 0) is 43.5 Å². The van der Waals surface area contributed by atoms with Crippen LogP contribution in [0.4, 0.5) is 33.6 Å². The molecule has 1 aliphatic rings. The van der Waals surface area contributed by atoms with E-state index in [0.717, 1.165) is 40.6 Å². The fourth-order valence-corrected chi connectivity index (χ4v) is 5.12. The van der Waals surface area contributed by atoms with Gasteiger partial charge in [0, 0.05) is 54.3 Å². The molecule has 2 aromatic carbocycles. The highest BCUT2D eigenvalue weighted by Gasteiger charge is 2.37. The monoisotopic (exact) mass is 543 g/mol. The van der Waals surface area contributed by atoms with E-state index >= 15 is 0 Å². The van der Waals surface area contributed by atoms with Gasteiger partial charge in [-0.1, -0.05) is 37.8 Å². The van der Waals surface area contributed by atoms with E-state index in [0.29, 0.717) is 10.9 Å². The summed E-state index contributed by atoms with van der Waals surface area (Å²) in [4.78, 5) is 10.4. The van der Waals surface area contributed by atoms with Gasteiger partial charge in [0.05, 0.1) is 11.6 Å². The molecule has 206 valence electrons. The fraction of sp³-hybridized carbons (Fsp3) is 0.379. The molecule has 4 aromatic rings. The molecule has 1 saturated heterocycles. The number of rotatable bonds is 6. The normalized spacial score (nSPS) is 16.6. The van der Waals surface area contributed by atoms with Gasteiger partial charge in [-0.3, -0.25) is 4.40 Å². The van der Waals surface area contributed by atoms with Gasteiger partial charge in [0.15, 0.2) is 5.69 Å². The van der Waals surface area contributed by atoms with Crippen LogP contribution >= 0.6 is 0 Å². The molecule has 1 N–H and O–H groups in total. The van der Waals surface area contributed by atoms with Crippen LogP contribution in [-0.4, -0.2) is 33.4 Å². The molecule has 1 fully saturated rings. The third-order valence-corrected chi connectivity index (χ3v) is 7.30. The maximum atomic E-state index is 13.9. The van der Waals surface area contributed by atoms with Crippen LogP contribution in [0.5, 0.6) is 0 Å². The SMILES string of the molecule is C=C(CC)c1ccccc1NC(C)c1cc(C)cc2c1nc(N1CCC(F)(F)CC1)n1cc(C(F)(F)F)nc21. The van der Waals surface area contributed by atoms with Crippen LogP contribution in [0.25, 0.3) is 22.1 Å². The van der Waals surface area contributed by atoms with Gasteiger partial charge in [-0.15, -0.1) is 0 Å². The van der Waals surface area contributed by atoms with Crippen molar-refractivity contribution < 1.29 is 22.0 Å². The van der Waals surface area contributed by atoms with Crippen LogP contribution in [-0.2, 0) is 6.18 Å². The van der Waals surface area contributed by atoms with E-state index in [2.05, 4.69) is 16.9 Å². The number of halogens is 5. The Kier molecular flexibility index (Phi) is 6.76. The Morgan fingerprint density at radius 1 is 1.13 bits per heavy atom. The Hall–Kier alpha value is -3.69. The fourth-order valence-electron chi connectivity index (χ4n) is 5.12. The number of para-hydroxylation sites is 1. The highest BCUT2D eigenvalue weighted by atomic mass is 19.4. The summed E-state index contributed by atoms with van der Waals surface area (Å²) < 4.78 is 70.4. The first-order valence-corrected chi connectivity index (χ1v) is 12.9. The van der Waals surface area contributed by atoms with Crippen molar-refractivity contribution in [3.63, 3.8) is 0 Å². The lowest BCUT2D eigenvalue weighted by Gasteiger charge is -2.33. The van der Waals surface area contributed by atoms with Crippen LogP contribution in [0, 0.1) is 6.92 Å². The molecule has 0 radical (unpaired) electrons. The molecule has 39 heavy (non-hydrogen) atoms. The van der Waals surface area contributed by atoms with Crippen LogP contribution in [0.3, 0.4) is 0 Å². The smallest absolute Gasteiger partial charge is 0.378 e. The Labute approximate surface area is 223 Å². The van der Waals surface area contributed by atoms with Crippen molar-refractivity contribution in [2.45, 2.75) is 58.2 Å². The second-order valence-electron chi connectivity index (χ2n) is 10.2. The minimum atomic E-state index is -4.67. The summed E-state index contributed by atoms with van der Waals surface area (Å²) in [6.07, 6.45) is -3.78. The predicted molar refractivity (Wildman–Crippen MR) is 144 cm³/mol. The molecule has 10 heteroatoms. The summed E-state index contributed by atoms with van der Waals surface area (Å²) in [6, 6.07) is 11.2. The minimum absolute atomic E-state index is 0.0262. The number of aromatic nitrogens is 3. The van der Waals surface area contributed by atoms with Gasteiger partial charge < -0.3 is 10.2 Å². The lowest BCUT2D eigenvalue weighted by molar-refractivity contribution is -0.140. The zero-order chi connectivity index (χ0) is 28.1. The largest absolute Gasteiger partial charge is 0.434 e. The third-order valence-electron chi connectivity index (χ3n) is 7.30. The number of hydrogen-bond donors (Lipinski definition) is 1. The van der Waals surface area contributed by atoms with E-state index < -0.39 is 30.6 Å². The average molecular weight is 544 g/mol. The highest BCUT2D eigenvalue weighted by molar-refractivity contribution is 5.96. The molecule has 5 rings (SSSR count). The number of aryl methyl sites for hydroxylation is 1. The molecule has 3 heterocycles. The number of nitrogens with one attached hydrogen (secondary N) is 1. The van der Waals surface area contributed by atoms with Crippen molar-refractivity contribution in [3.05, 3.63) is 71.6 Å². The van der Waals surface area contributed by atoms with Crippen LogP contribution in [0.15, 0.2) is 49.2 Å². The molecule has 2 aromatic heterocycles. The highest BCUT2D eigenvalue weighted by Crippen LogP contribution is 2.37. The van der Waals surface area contributed by atoms with Gasteiger partial charge in [-0.2, -0.15) is 13.2 Å². The summed E-state index contributed by atoms with van der Waals surface area (Å²) >= 11 is 0. The number of alkyl halides is 5. The molecular weight excluding hydrogens is 513 g/mol.